The molecule has 0 saturated heterocycles. The summed E-state index contributed by atoms with van der Waals surface area (Å²) in [7, 11) is 1.73. The molecule has 1 aliphatic rings. The SMILES string of the molecule is COc1cc(C)c(C2(N)CC2)cc1C(C)C. The summed E-state index contributed by atoms with van der Waals surface area (Å²) in [5.41, 5.74) is 10.1. The third kappa shape index (κ3) is 1.82. The summed E-state index contributed by atoms with van der Waals surface area (Å²) in [6.45, 7) is 6.50. The van der Waals surface area contributed by atoms with E-state index in [1.165, 1.54) is 16.7 Å². The monoisotopic (exact) mass is 219 g/mol. The lowest BCUT2D eigenvalue weighted by Gasteiger charge is -2.19. The minimum atomic E-state index is -0.0556. The van der Waals surface area contributed by atoms with Crippen LogP contribution in [0.4, 0.5) is 0 Å². The molecule has 0 bridgehead atoms. The van der Waals surface area contributed by atoms with Gasteiger partial charge in [-0.25, -0.2) is 0 Å². The summed E-state index contributed by atoms with van der Waals surface area (Å²) in [5.74, 6) is 1.46. The van der Waals surface area contributed by atoms with E-state index in [-0.39, 0.29) is 5.54 Å². The van der Waals surface area contributed by atoms with E-state index in [1.807, 2.05) is 0 Å². The number of methoxy groups -OCH3 is 1. The zero-order valence-corrected chi connectivity index (χ0v) is 10.6. The van der Waals surface area contributed by atoms with Crippen molar-refractivity contribution >= 4 is 0 Å². The van der Waals surface area contributed by atoms with Crippen molar-refractivity contribution in [3.8, 4) is 5.75 Å². The second kappa shape index (κ2) is 3.77. The van der Waals surface area contributed by atoms with Crippen LogP contribution in [0.5, 0.6) is 5.75 Å². The van der Waals surface area contributed by atoms with Gasteiger partial charge in [-0.1, -0.05) is 13.8 Å². The molecule has 0 amide bonds. The fourth-order valence-electron chi connectivity index (χ4n) is 2.27. The van der Waals surface area contributed by atoms with Gasteiger partial charge in [0.05, 0.1) is 7.11 Å². The zero-order chi connectivity index (χ0) is 11.9. The maximum absolute atomic E-state index is 6.29. The molecular weight excluding hydrogens is 198 g/mol. The third-order valence-corrected chi connectivity index (χ3v) is 3.52. The van der Waals surface area contributed by atoms with Gasteiger partial charge >= 0.3 is 0 Å². The highest BCUT2D eigenvalue weighted by Gasteiger charge is 2.41. The number of hydrogen-bond donors (Lipinski definition) is 1. The number of rotatable bonds is 3. The minimum absolute atomic E-state index is 0.0556. The number of ether oxygens (including phenoxy) is 1. The first-order chi connectivity index (χ1) is 7.48. The van der Waals surface area contributed by atoms with Crippen molar-refractivity contribution in [1.82, 2.24) is 0 Å². The van der Waals surface area contributed by atoms with Crippen LogP contribution < -0.4 is 10.5 Å². The smallest absolute Gasteiger partial charge is 0.122 e. The van der Waals surface area contributed by atoms with Crippen LogP contribution in [0.1, 0.15) is 49.3 Å². The van der Waals surface area contributed by atoms with Gasteiger partial charge in [0.15, 0.2) is 0 Å². The molecule has 1 aromatic carbocycles. The molecule has 0 aliphatic heterocycles. The quantitative estimate of drug-likeness (QED) is 0.848. The van der Waals surface area contributed by atoms with Gasteiger partial charge in [-0.15, -0.1) is 0 Å². The van der Waals surface area contributed by atoms with Gasteiger partial charge in [0.25, 0.3) is 0 Å². The van der Waals surface area contributed by atoms with Crippen molar-refractivity contribution < 1.29 is 4.74 Å². The molecule has 1 saturated carbocycles. The van der Waals surface area contributed by atoms with E-state index in [0.717, 1.165) is 18.6 Å². The van der Waals surface area contributed by atoms with E-state index in [4.69, 9.17) is 10.5 Å². The highest BCUT2D eigenvalue weighted by Crippen LogP contribution is 2.46. The molecule has 2 nitrogen and oxygen atoms in total. The summed E-state index contributed by atoms with van der Waals surface area (Å²) in [6.07, 6.45) is 2.22. The Labute approximate surface area is 97.8 Å². The van der Waals surface area contributed by atoms with Gasteiger partial charge in [-0.3, -0.25) is 0 Å². The number of aryl methyl sites for hydroxylation is 1. The molecule has 0 spiro atoms. The molecule has 0 heterocycles. The number of nitrogens with two attached hydrogens (primary N) is 1. The summed E-state index contributed by atoms with van der Waals surface area (Å²) in [4.78, 5) is 0. The molecular formula is C14H21NO. The summed E-state index contributed by atoms with van der Waals surface area (Å²) >= 11 is 0. The zero-order valence-electron chi connectivity index (χ0n) is 10.6. The maximum Gasteiger partial charge on any atom is 0.122 e. The van der Waals surface area contributed by atoms with Gasteiger partial charge in [-0.2, -0.15) is 0 Å². The Bertz CT molecular complexity index is 405. The molecule has 1 aromatic rings. The topological polar surface area (TPSA) is 35.2 Å². The molecule has 0 unspecified atom stereocenters. The fraction of sp³-hybridized carbons (Fsp3) is 0.571. The molecule has 0 radical (unpaired) electrons. The summed E-state index contributed by atoms with van der Waals surface area (Å²) in [5, 5.41) is 0. The van der Waals surface area contributed by atoms with E-state index < -0.39 is 0 Å². The molecule has 16 heavy (non-hydrogen) atoms. The second-order valence-corrected chi connectivity index (χ2v) is 5.22. The van der Waals surface area contributed by atoms with E-state index in [2.05, 4.69) is 32.9 Å². The lowest BCUT2D eigenvalue weighted by atomic mass is 9.92. The van der Waals surface area contributed by atoms with E-state index in [1.54, 1.807) is 7.11 Å². The van der Waals surface area contributed by atoms with Gasteiger partial charge in [0, 0.05) is 5.54 Å². The van der Waals surface area contributed by atoms with Gasteiger partial charge in [-0.05, 0) is 54.5 Å². The van der Waals surface area contributed by atoms with Crippen LogP contribution in [-0.4, -0.2) is 7.11 Å². The highest BCUT2D eigenvalue weighted by atomic mass is 16.5. The van der Waals surface area contributed by atoms with Gasteiger partial charge in [0.2, 0.25) is 0 Å². The largest absolute Gasteiger partial charge is 0.496 e. The average Bonchev–Trinajstić information content (AvgIpc) is 2.96. The van der Waals surface area contributed by atoms with Crippen molar-refractivity contribution in [2.75, 3.05) is 7.11 Å². The molecule has 0 atom stereocenters. The Morgan fingerprint density at radius 2 is 1.94 bits per heavy atom. The van der Waals surface area contributed by atoms with Crippen LogP contribution in [0.2, 0.25) is 0 Å². The maximum atomic E-state index is 6.29. The molecule has 88 valence electrons. The molecule has 0 aromatic heterocycles. The Morgan fingerprint density at radius 1 is 1.31 bits per heavy atom. The predicted octanol–water partition coefficient (Wildman–Crippen LogP) is 3.07. The third-order valence-electron chi connectivity index (χ3n) is 3.52. The molecule has 2 N–H and O–H groups in total. The molecule has 1 fully saturated rings. The first-order valence-corrected chi connectivity index (χ1v) is 5.96. The molecule has 2 heteroatoms. The number of benzene rings is 1. The van der Waals surface area contributed by atoms with E-state index in [0.29, 0.717) is 5.92 Å². The molecule has 1 aliphatic carbocycles. The Balaban J connectivity index is 2.52. The Hall–Kier alpha value is -1.02. The fourth-order valence-corrected chi connectivity index (χ4v) is 2.27. The van der Waals surface area contributed by atoms with Crippen molar-refractivity contribution in [2.24, 2.45) is 5.73 Å². The van der Waals surface area contributed by atoms with Gasteiger partial charge in [0.1, 0.15) is 5.75 Å². The van der Waals surface area contributed by atoms with Crippen LogP contribution >= 0.6 is 0 Å². The van der Waals surface area contributed by atoms with Crippen molar-refractivity contribution in [1.29, 1.82) is 0 Å². The summed E-state index contributed by atoms with van der Waals surface area (Å²) in [6, 6.07) is 4.36. The lowest BCUT2D eigenvalue weighted by Crippen LogP contribution is -2.20. The number of hydrogen-bond acceptors (Lipinski definition) is 2. The normalized spacial score (nSPS) is 17.6. The predicted molar refractivity (Wildman–Crippen MR) is 66.9 cm³/mol. The van der Waals surface area contributed by atoms with E-state index >= 15 is 0 Å². The first kappa shape index (κ1) is 11.5. The lowest BCUT2D eigenvalue weighted by molar-refractivity contribution is 0.406. The van der Waals surface area contributed by atoms with Crippen LogP contribution in [0.3, 0.4) is 0 Å². The van der Waals surface area contributed by atoms with Gasteiger partial charge < -0.3 is 10.5 Å². The van der Waals surface area contributed by atoms with Crippen LogP contribution in [-0.2, 0) is 5.54 Å². The van der Waals surface area contributed by atoms with Crippen LogP contribution in [0.25, 0.3) is 0 Å². The minimum Gasteiger partial charge on any atom is -0.496 e. The van der Waals surface area contributed by atoms with Crippen LogP contribution in [0.15, 0.2) is 12.1 Å². The van der Waals surface area contributed by atoms with Crippen molar-refractivity contribution in [3.05, 3.63) is 28.8 Å². The van der Waals surface area contributed by atoms with Crippen molar-refractivity contribution in [3.63, 3.8) is 0 Å². The first-order valence-electron chi connectivity index (χ1n) is 5.96. The summed E-state index contributed by atoms with van der Waals surface area (Å²) < 4.78 is 5.43. The van der Waals surface area contributed by atoms with E-state index in [9.17, 15) is 0 Å². The second-order valence-electron chi connectivity index (χ2n) is 5.22. The molecule has 2 rings (SSSR count). The average molecular weight is 219 g/mol. The highest BCUT2D eigenvalue weighted by molar-refractivity contribution is 5.48. The Morgan fingerprint density at radius 3 is 2.38 bits per heavy atom. The Kier molecular flexibility index (Phi) is 2.70. The van der Waals surface area contributed by atoms with Crippen LogP contribution in [0, 0.1) is 6.92 Å². The standard InChI is InChI=1S/C14H21NO/c1-9(2)11-8-12(14(15)5-6-14)10(3)7-13(11)16-4/h7-9H,5-6,15H2,1-4H3. The van der Waals surface area contributed by atoms with Crippen molar-refractivity contribution in [2.45, 2.75) is 45.1 Å².